The van der Waals surface area contributed by atoms with E-state index in [0.29, 0.717) is 11.1 Å². The van der Waals surface area contributed by atoms with Gasteiger partial charge in [0.2, 0.25) is 0 Å². The van der Waals surface area contributed by atoms with E-state index in [0.717, 1.165) is 18.7 Å². The second-order valence-corrected chi connectivity index (χ2v) is 5.07. The van der Waals surface area contributed by atoms with Gasteiger partial charge in [-0.25, -0.2) is 4.79 Å². The molecule has 102 valence electrons. The van der Waals surface area contributed by atoms with Gasteiger partial charge in [-0.3, -0.25) is 9.88 Å². The van der Waals surface area contributed by atoms with E-state index in [1.54, 1.807) is 6.07 Å². The third-order valence-electron chi connectivity index (χ3n) is 3.83. The summed E-state index contributed by atoms with van der Waals surface area (Å²) < 4.78 is 4.99. The van der Waals surface area contributed by atoms with Crippen LogP contribution in [0.25, 0.3) is 11.1 Å². The van der Waals surface area contributed by atoms with E-state index in [9.17, 15) is 9.90 Å². The smallest absolute Gasteiger partial charge is 0.408 e. The SMILES string of the molecule is O=c1[nH]c2cc(C(CO)N3CCCCC3)ccc2o1. The van der Waals surface area contributed by atoms with Gasteiger partial charge in [0.1, 0.15) is 0 Å². The van der Waals surface area contributed by atoms with E-state index in [-0.39, 0.29) is 12.6 Å². The van der Waals surface area contributed by atoms with Gasteiger partial charge in [0.25, 0.3) is 0 Å². The van der Waals surface area contributed by atoms with Crippen LogP contribution in [-0.4, -0.2) is 34.7 Å². The van der Waals surface area contributed by atoms with Gasteiger partial charge in [-0.15, -0.1) is 0 Å². The van der Waals surface area contributed by atoms with Crippen molar-refractivity contribution >= 4 is 11.1 Å². The minimum absolute atomic E-state index is 0.00287. The van der Waals surface area contributed by atoms with Crippen LogP contribution >= 0.6 is 0 Å². The molecule has 0 aliphatic carbocycles. The van der Waals surface area contributed by atoms with Gasteiger partial charge in [-0.05, 0) is 43.6 Å². The quantitative estimate of drug-likeness (QED) is 0.882. The zero-order valence-corrected chi connectivity index (χ0v) is 10.8. The number of oxazole rings is 1. The number of benzene rings is 1. The summed E-state index contributed by atoms with van der Waals surface area (Å²) in [5.41, 5.74) is 2.27. The fourth-order valence-corrected chi connectivity index (χ4v) is 2.84. The first-order chi connectivity index (χ1) is 9.28. The average molecular weight is 262 g/mol. The fraction of sp³-hybridized carbons (Fsp3) is 0.500. The highest BCUT2D eigenvalue weighted by Crippen LogP contribution is 2.26. The summed E-state index contributed by atoms with van der Waals surface area (Å²) in [7, 11) is 0. The van der Waals surface area contributed by atoms with Gasteiger partial charge in [0, 0.05) is 0 Å². The molecule has 1 aliphatic heterocycles. The lowest BCUT2D eigenvalue weighted by Crippen LogP contribution is -2.35. The highest BCUT2D eigenvalue weighted by molar-refractivity contribution is 5.72. The maximum atomic E-state index is 11.2. The number of piperidine rings is 1. The van der Waals surface area contributed by atoms with Gasteiger partial charge >= 0.3 is 5.76 Å². The lowest BCUT2D eigenvalue weighted by Gasteiger charge is -2.33. The molecule has 1 unspecified atom stereocenters. The van der Waals surface area contributed by atoms with Crippen molar-refractivity contribution < 1.29 is 9.52 Å². The number of nitrogens with one attached hydrogen (secondary N) is 1. The van der Waals surface area contributed by atoms with Crippen molar-refractivity contribution in [2.45, 2.75) is 25.3 Å². The van der Waals surface area contributed by atoms with Gasteiger partial charge in [0.05, 0.1) is 18.2 Å². The van der Waals surface area contributed by atoms with Crippen LogP contribution in [0.5, 0.6) is 0 Å². The number of hydrogen-bond donors (Lipinski definition) is 2. The number of likely N-dealkylation sites (tertiary alicyclic amines) is 1. The van der Waals surface area contributed by atoms with Gasteiger partial charge in [-0.1, -0.05) is 12.5 Å². The predicted octanol–water partition coefficient (Wildman–Crippen LogP) is 1.64. The van der Waals surface area contributed by atoms with Crippen LogP contribution in [0.4, 0.5) is 0 Å². The first-order valence-electron chi connectivity index (χ1n) is 6.75. The lowest BCUT2D eigenvalue weighted by molar-refractivity contribution is 0.104. The van der Waals surface area contributed by atoms with Crippen molar-refractivity contribution in [3.05, 3.63) is 34.3 Å². The number of aliphatic hydroxyl groups is 1. The molecule has 3 rings (SSSR count). The summed E-state index contributed by atoms with van der Waals surface area (Å²) >= 11 is 0. The maximum absolute atomic E-state index is 11.2. The molecule has 19 heavy (non-hydrogen) atoms. The van der Waals surface area contributed by atoms with Crippen molar-refractivity contribution in [3.63, 3.8) is 0 Å². The zero-order chi connectivity index (χ0) is 13.2. The second-order valence-electron chi connectivity index (χ2n) is 5.07. The van der Waals surface area contributed by atoms with E-state index >= 15 is 0 Å². The van der Waals surface area contributed by atoms with Crippen molar-refractivity contribution in [2.75, 3.05) is 19.7 Å². The molecule has 0 spiro atoms. The zero-order valence-electron chi connectivity index (χ0n) is 10.8. The number of aromatic nitrogens is 1. The molecule has 5 nitrogen and oxygen atoms in total. The molecule has 1 aromatic carbocycles. The van der Waals surface area contributed by atoms with Crippen molar-refractivity contribution in [1.82, 2.24) is 9.88 Å². The molecule has 0 radical (unpaired) electrons. The average Bonchev–Trinajstić information content (AvgIpc) is 2.80. The molecule has 0 bridgehead atoms. The normalized spacial score (nSPS) is 18.8. The molecule has 1 saturated heterocycles. The number of H-pyrrole nitrogens is 1. The monoisotopic (exact) mass is 262 g/mol. The summed E-state index contributed by atoms with van der Waals surface area (Å²) in [4.78, 5) is 16.1. The summed E-state index contributed by atoms with van der Waals surface area (Å²) in [5.74, 6) is -0.439. The Labute approximate surface area is 110 Å². The molecule has 1 aliphatic rings. The molecule has 1 fully saturated rings. The first kappa shape index (κ1) is 12.4. The van der Waals surface area contributed by atoms with E-state index in [1.165, 1.54) is 19.3 Å². The number of nitrogens with zero attached hydrogens (tertiary/aromatic N) is 1. The van der Waals surface area contributed by atoms with E-state index in [4.69, 9.17) is 4.42 Å². The predicted molar refractivity (Wildman–Crippen MR) is 72.1 cm³/mol. The number of fused-ring (bicyclic) bond motifs is 1. The summed E-state index contributed by atoms with van der Waals surface area (Å²) in [6, 6.07) is 5.61. The first-order valence-corrected chi connectivity index (χ1v) is 6.75. The minimum atomic E-state index is -0.439. The molecule has 1 atom stereocenters. The third-order valence-corrected chi connectivity index (χ3v) is 3.83. The Morgan fingerprint density at radius 3 is 2.84 bits per heavy atom. The van der Waals surface area contributed by atoms with Crippen LogP contribution in [0.1, 0.15) is 30.9 Å². The Morgan fingerprint density at radius 1 is 1.32 bits per heavy atom. The van der Waals surface area contributed by atoms with E-state index < -0.39 is 5.76 Å². The molecule has 0 amide bonds. The van der Waals surface area contributed by atoms with Crippen molar-refractivity contribution in [1.29, 1.82) is 0 Å². The summed E-state index contributed by atoms with van der Waals surface area (Å²) in [6.07, 6.45) is 3.63. The van der Waals surface area contributed by atoms with Crippen LogP contribution in [0.2, 0.25) is 0 Å². The van der Waals surface area contributed by atoms with Crippen molar-refractivity contribution in [3.8, 4) is 0 Å². The maximum Gasteiger partial charge on any atom is 0.417 e. The van der Waals surface area contributed by atoms with Crippen molar-refractivity contribution in [2.24, 2.45) is 0 Å². The molecule has 2 N–H and O–H groups in total. The van der Waals surface area contributed by atoms with Crippen LogP contribution in [0.15, 0.2) is 27.4 Å². The molecular weight excluding hydrogens is 244 g/mol. The highest BCUT2D eigenvalue weighted by Gasteiger charge is 2.22. The molecule has 5 heteroatoms. The third kappa shape index (κ3) is 2.43. The lowest BCUT2D eigenvalue weighted by atomic mass is 10.0. The standard InChI is InChI=1S/C14H18N2O3/c17-9-12(16-6-2-1-3-7-16)10-4-5-13-11(8-10)15-14(18)19-13/h4-5,8,12,17H,1-3,6-7,9H2,(H,15,18). The Morgan fingerprint density at radius 2 is 2.11 bits per heavy atom. The fourth-order valence-electron chi connectivity index (χ4n) is 2.84. The van der Waals surface area contributed by atoms with Gasteiger partial charge in [-0.2, -0.15) is 0 Å². The van der Waals surface area contributed by atoms with Crippen LogP contribution in [0.3, 0.4) is 0 Å². The summed E-state index contributed by atoms with van der Waals surface area (Å²) in [5, 5.41) is 9.67. The molecule has 1 aromatic heterocycles. The second kappa shape index (κ2) is 5.19. The van der Waals surface area contributed by atoms with Gasteiger partial charge < -0.3 is 9.52 Å². The topological polar surface area (TPSA) is 69.5 Å². The number of aromatic amines is 1. The Balaban J connectivity index is 1.93. The minimum Gasteiger partial charge on any atom is -0.408 e. The number of rotatable bonds is 3. The van der Waals surface area contributed by atoms with Gasteiger partial charge in [0.15, 0.2) is 5.58 Å². The molecule has 0 saturated carbocycles. The molecular formula is C14H18N2O3. The van der Waals surface area contributed by atoms with E-state index in [1.807, 2.05) is 12.1 Å². The number of hydrogen-bond acceptors (Lipinski definition) is 4. The largest absolute Gasteiger partial charge is 0.417 e. The summed E-state index contributed by atoms with van der Waals surface area (Å²) in [6.45, 7) is 2.13. The Bertz CT molecular complexity index is 610. The molecule has 2 heterocycles. The Kier molecular flexibility index (Phi) is 3.40. The Hall–Kier alpha value is -1.59. The van der Waals surface area contributed by atoms with E-state index in [2.05, 4.69) is 9.88 Å². The van der Waals surface area contributed by atoms with Crippen LogP contribution < -0.4 is 5.76 Å². The highest BCUT2D eigenvalue weighted by atomic mass is 16.4. The number of aliphatic hydroxyl groups excluding tert-OH is 1. The molecule has 2 aromatic rings. The van der Waals surface area contributed by atoms with Crippen LogP contribution in [-0.2, 0) is 0 Å². The van der Waals surface area contributed by atoms with Crippen LogP contribution in [0, 0.1) is 0 Å².